The van der Waals surface area contributed by atoms with E-state index in [1.165, 1.54) is 11.1 Å². The summed E-state index contributed by atoms with van der Waals surface area (Å²) >= 11 is 0. The van der Waals surface area contributed by atoms with Crippen LogP contribution in [-0.4, -0.2) is 19.1 Å². The Bertz CT molecular complexity index is 909. The van der Waals surface area contributed by atoms with Crippen LogP contribution in [0.25, 0.3) is 0 Å². The Labute approximate surface area is 172 Å². The van der Waals surface area contributed by atoms with Crippen LogP contribution in [0.15, 0.2) is 78.9 Å². The molecule has 0 aliphatic carbocycles. The predicted molar refractivity (Wildman–Crippen MR) is 117 cm³/mol. The van der Waals surface area contributed by atoms with E-state index in [-0.39, 0.29) is 12.5 Å². The summed E-state index contributed by atoms with van der Waals surface area (Å²) in [6.07, 6.45) is 2.79. The van der Waals surface area contributed by atoms with Crippen molar-refractivity contribution >= 4 is 11.6 Å². The summed E-state index contributed by atoms with van der Waals surface area (Å²) in [5.41, 5.74) is 3.13. The van der Waals surface area contributed by atoms with E-state index >= 15 is 0 Å². The highest BCUT2D eigenvalue weighted by Crippen LogP contribution is 2.24. The van der Waals surface area contributed by atoms with Gasteiger partial charge in [0, 0.05) is 0 Å². The highest BCUT2D eigenvalue weighted by atomic mass is 16.5. The molecule has 0 saturated carbocycles. The van der Waals surface area contributed by atoms with Gasteiger partial charge in [0.15, 0.2) is 6.61 Å². The second kappa shape index (κ2) is 10.9. The monoisotopic (exact) mass is 389 g/mol. The fourth-order valence-electron chi connectivity index (χ4n) is 2.99. The van der Waals surface area contributed by atoms with Crippen molar-refractivity contribution in [3.63, 3.8) is 0 Å². The molecule has 0 atom stereocenters. The van der Waals surface area contributed by atoms with Crippen LogP contribution < -0.4 is 14.8 Å². The number of hydrogen-bond acceptors (Lipinski definition) is 3. The molecule has 0 aliphatic heterocycles. The fourth-order valence-corrected chi connectivity index (χ4v) is 2.99. The molecule has 1 amide bonds. The Kier molecular flexibility index (Phi) is 7.70. The van der Waals surface area contributed by atoms with E-state index in [1.807, 2.05) is 66.7 Å². The van der Waals surface area contributed by atoms with Crippen LogP contribution in [0, 0.1) is 0 Å². The number of aryl methyl sites for hydroxylation is 2. The Morgan fingerprint density at radius 2 is 1.62 bits per heavy atom. The van der Waals surface area contributed by atoms with Gasteiger partial charge < -0.3 is 14.8 Å². The number of ether oxygens (including phenoxy) is 2. The number of benzene rings is 3. The highest BCUT2D eigenvalue weighted by molar-refractivity contribution is 5.93. The molecule has 150 valence electrons. The van der Waals surface area contributed by atoms with Crippen molar-refractivity contribution in [2.24, 2.45) is 0 Å². The lowest BCUT2D eigenvalue weighted by atomic mass is 10.1. The lowest BCUT2D eigenvalue weighted by Crippen LogP contribution is -2.20. The molecule has 3 rings (SSSR count). The van der Waals surface area contributed by atoms with E-state index < -0.39 is 0 Å². The van der Waals surface area contributed by atoms with Gasteiger partial charge in [-0.05, 0) is 54.7 Å². The summed E-state index contributed by atoms with van der Waals surface area (Å²) in [6.45, 7) is 2.63. The first-order chi connectivity index (χ1) is 14.2. The average molecular weight is 389 g/mol. The first-order valence-corrected chi connectivity index (χ1v) is 10.0. The van der Waals surface area contributed by atoms with Crippen LogP contribution >= 0.6 is 0 Å². The lowest BCUT2D eigenvalue weighted by molar-refractivity contribution is -0.118. The largest absolute Gasteiger partial charge is 0.491 e. The van der Waals surface area contributed by atoms with E-state index in [9.17, 15) is 4.79 Å². The van der Waals surface area contributed by atoms with Crippen LogP contribution in [0.5, 0.6) is 11.5 Å². The highest BCUT2D eigenvalue weighted by Gasteiger charge is 2.09. The maximum atomic E-state index is 12.3. The number of rotatable bonds is 10. The molecule has 0 radical (unpaired) electrons. The van der Waals surface area contributed by atoms with Crippen molar-refractivity contribution in [3.05, 3.63) is 90.0 Å². The van der Waals surface area contributed by atoms with Gasteiger partial charge in [-0.2, -0.15) is 0 Å². The first kappa shape index (κ1) is 20.5. The smallest absolute Gasteiger partial charge is 0.262 e. The van der Waals surface area contributed by atoms with Gasteiger partial charge in [-0.15, -0.1) is 0 Å². The fraction of sp³-hybridized carbons (Fsp3) is 0.240. The van der Waals surface area contributed by atoms with Gasteiger partial charge in [0.05, 0.1) is 12.3 Å². The second-order valence-corrected chi connectivity index (χ2v) is 6.77. The maximum Gasteiger partial charge on any atom is 0.262 e. The maximum absolute atomic E-state index is 12.3. The normalized spacial score (nSPS) is 10.4. The number of hydrogen-bond donors (Lipinski definition) is 1. The number of para-hydroxylation sites is 2. The van der Waals surface area contributed by atoms with E-state index in [0.717, 1.165) is 19.3 Å². The molecule has 0 heterocycles. The summed E-state index contributed by atoms with van der Waals surface area (Å²) in [5, 5.41) is 2.88. The summed E-state index contributed by atoms with van der Waals surface area (Å²) in [6, 6.07) is 25.6. The summed E-state index contributed by atoms with van der Waals surface area (Å²) in [7, 11) is 0. The number of nitrogens with one attached hydrogen (secondary N) is 1. The standard InChI is InChI=1S/C25H27NO3/c1-2-20-12-8-14-22(18-20)29-19-25(27)26-23-15-6-7-16-24(23)28-17-9-13-21-10-4-3-5-11-21/h3-8,10-12,14-16,18H,2,9,13,17,19H2,1H3,(H,26,27). The van der Waals surface area contributed by atoms with E-state index in [0.29, 0.717) is 23.8 Å². The van der Waals surface area contributed by atoms with E-state index in [1.54, 1.807) is 0 Å². The molecule has 0 saturated heterocycles. The van der Waals surface area contributed by atoms with E-state index in [2.05, 4.69) is 24.4 Å². The Balaban J connectivity index is 1.48. The molecule has 3 aromatic rings. The molecule has 4 nitrogen and oxygen atoms in total. The van der Waals surface area contributed by atoms with Crippen molar-refractivity contribution in [3.8, 4) is 11.5 Å². The van der Waals surface area contributed by atoms with Gasteiger partial charge >= 0.3 is 0 Å². The minimum atomic E-state index is -0.216. The molecule has 0 unspecified atom stereocenters. The number of anilines is 1. The van der Waals surface area contributed by atoms with Crippen LogP contribution in [0.4, 0.5) is 5.69 Å². The molecule has 0 spiro atoms. The molecule has 1 N–H and O–H groups in total. The van der Waals surface area contributed by atoms with Crippen LogP contribution in [-0.2, 0) is 17.6 Å². The SMILES string of the molecule is CCc1cccc(OCC(=O)Nc2ccccc2OCCCc2ccccc2)c1. The van der Waals surface area contributed by atoms with Gasteiger partial charge in [-0.3, -0.25) is 4.79 Å². The quantitative estimate of drug-likeness (QED) is 0.480. The average Bonchev–Trinajstić information content (AvgIpc) is 2.77. The minimum Gasteiger partial charge on any atom is -0.491 e. The third-order valence-electron chi connectivity index (χ3n) is 4.55. The van der Waals surface area contributed by atoms with Crippen molar-refractivity contribution in [2.45, 2.75) is 26.2 Å². The zero-order valence-corrected chi connectivity index (χ0v) is 16.8. The third-order valence-corrected chi connectivity index (χ3v) is 4.55. The van der Waals surface area contributed by atoms with Crippen LogP contribution in [0.2, 0.25) is 0 Å². The Morgan fingerprint density at radius 1 is 0.862 bits per heavy atom. The molecule has 0 aromatic heterocycles. The Hall–Kier alpha value is -3.27. The molecule has 29 heavy (non-hydrogen) atoms. The second-order valence-electron chi connectivity index (χ2n) is 6.77. The molecule has 0 aliphatic rings. The molecular weight excluding hydrogens is 362 g/mol. The van der Waals surface area contributed by atoms with Crippen LogP contribution in [0.1, 0.15) is 24.5 Å². The molecule has 0 bridgehead atoms. The zero-order valence-electron chi connectivity index (χ0n) is 16.8. The van der Waals surface area contributed by atoms with Crippen molar-refractivity contribution in [1.29, 1.82) is 0 Å². The number of carbonyl (C=O) groups is 1. The van der Waals surface area contributed by atoms with Gasteiger partial charge in [-0.1, -0.05) is 61.5 Å². The van der Waals surface area contributed by atoms with Gasteiger partial charge in [0.2, 0.25) is 0 Å². The minimum absolute atomic E-state index is 0.0461. The summed E-state index contributed by atoms with van der Waals surface area (Å²) in [4.78, 5) is 12.3. The summed E-state index contributed by atoms with van der Waals surface area (Å²) < 4.78 is 11.5. The zero-order chi connectivity index (χ0) is 20.3. The van der Waals surface area contributed by atoms with Gasteiger partial charge in [0.25, 0.3) is 5.91 Å². The predicted octanol–water partition coefficient (Wildman–Crippen LogP) is 5.28. The topological polar surface area (TPSA) is 47.6 Å². The molecule has 3 aromatic carbocycles. The van der Waals surface area contributed by atoms with Gasteiger partial charge in [-0.25, -0.2) is 0 Å². The van der Waals surface area contributed by atoms with Crippen LogP contribution in [0.3, 0.4) is 0 Å². The molecular formula is C25H27NO3. The van der Waals surface area contributed by atoms with Gasteiger partial charge in [0.1, 0.15) is 11.5 Å². The number of carbonyl (C=O) groups excluding carboxylic acids is 1. The molecule has 4 heteroatoms. The summed E-state index contributed by atoms with van der Waals surface area (Å²) in [5.74, 6) is 1.15. The molecule has 0 fully saturated rings. The number of amides is 1. The van der Waals surface area contributed by atoms with Crippen molar-refractivity contribution < 1.29 is 14.3 Å². The first-order valence-electron chi connectivity index (χ1n) is 10.0. The van der Waals surface area contributed by atoms with Crippen molar-refractivity contribution in [1.82, 2.24) is 0 Å². The lowest BCUT2D eigenvalue weighted by Gasteiger charge is -2.13. The Morgan fingerprint density at radius 3 is 2.45 bits per heavy atom. The van der Waals surface area contributed by atoms with Crippen molar-refractivity contribution in [2.75, 3.05) is 18.5 Å². The third kappa shape index (κ3) is 6.68. The van der Waals surface area contributed by atoms with E-state index in [4.69, 9.17) is 9.47 Å².